The molecule has 2 heterocycles. The van der Waals surface area contributed by atoms with E-state index in [1.54, 1.807) is 0 Å². The number of hydrogen-bond donors (Lipinski definition) is 2. The zero-order valence-corrected chi connectivity index (χ0v) is 16.5. The number of nitrogens with zero attached hydrogens (tertiary/aromatic N) is 2. The summed E-state index contributed by atoms with van der Waals surface area (Å²) < 4.78 is 5.89. The number of nitrogens with one attached hydrogen (secondary N) is 1. The van der Waals surface area contributed by atoms with Gasteiger partial charge in [-0.05, 0) is 42.8 Å². The van der Waals surface area contributed by atoms with Crippen molar-refractivity contribution < 1.29 is 4.74 Å². The molecule has 3 N–H and O–H groups in total. The van der Waals surface area contributed by atoms with Crippen LogP contribution in [-0.2, 0) is 0 Å². The third-order valence-electron chi connectivity index (χ3n) is 5.06. The first-order valence-corrected chi connectivity index (χ1v) is 9.72. The van der Waals surface area contributed by atoms with Gasteiger partial charge in [0, 0.05) is 17.3 Å². The quantitative estimate of drug-likeness (QED) is 0.395. The van der Waals surface area contributed by atoms with E-state index in [1.807, 2.05) is 72.9 Å². The number of H-pyrrole nitrogens is 1. The maximum absolute atomic E-state index is 6.23. The van der Waals surface area contributed by atoms with Gasteiger partial charge in [-0.1, -0.05) is 54.1 Å². The van der Waals surface area contributed by atoms with Crippen LogP contribution < -0.4 is 10.5 Å². The standard InChI is InChI=1S/C25H20N4O/c1-16-6-5-7-18(14-16)23-24-22(25(26)29-28-24)21(15-27-23)17-10-12-20(13-11-17)30-19-8-3-2-4-9-19/h2-15H,1H3,(H3,26,28,29). The first kappa shape index (κ1) is 17.9. The lowest BCUT2D eigenvalue weighted by atomic mass is 10.00. The molecule has 5 aromatic rings. The van der Waals surface area contributed by atoms with E-state index >= 15 is 0 Å². The molecule has 0 radical (unpaired) electrons. The molecule has 5 nitrogen and oxygen atoms in total. The summed E-state index contributed by atoms with van der Waals surface area (Å²) in [5.74, 6) is 2.03. The lowest BCUT2D eigenvalue weighted by Gasteiger charge is -2.10. The molecule has 0 aliphatic heterocycles. The molecular weight excluding hydrogens is 372 g/mol. The predicted molar refractivity (Wildman–Crippen MR) is 120 cm³/mol. The molecular formula is C25H20N4O. The third-order valence-corrected chi connectivity index (χ3v) is 5.06. The van der Waals surface area contributed by atoms with Crippen molar-refractivity contribution in [3.05, 3.63) is 90.6 Å². The Bertz CT molecular complexity index is 1320. The van der Waals surface area contributed by atoms with Crippen LogP contribution in [0.2, 0.25) is 0 Å². The Kier molecular flexibility index (Phi) is 4.41. The number of rotatable bonds is 4. The van der Waals surface area contributed by atoms with Gasteiger partial charge in [-0.15, -0.1) is 0 Å². The summed E-state index contributed by atoms with van der Waals surface area (Å²) in [5.41, 5.74) is 12.0. The number of anilines is 1. The van der Waals surface area contributed by atoms with Crippen LogP contribution in [-0.4, -0.2) is 15.2 Å². The second kappa shape index (κ2) is 7.37. The van der Waals surface area contributed by atoms with Gasteiger partial charge in [0.05, 0.1) is 16.6 Å². The summed E-state index contributed by atoms with van der Waals surface area (Å²) in [7, 11) is 0. The molecule has 30 heavy (non-hydrogen) atoms. The van der Waals surface area contributed by atoms with Crippen LogP contribution in [0.25, 0.3) is 33.3 Å². The number of aromatic amines is 1. The van der Waals surface area contributed by atoms with E-state index in [2.05, 4.69) is 29.3 Å². The van der Waals surface area contributed by atoms with E-state index in [0.717, 1.165) is 44.8 Å². The molecule has 0 bridgehead atoms. The summed E-state index contributed by atoms with van der Waals surface area (Å²) >= 11 is 0. The van der Waals surface area contributed by atoms with Gasteiger partial charge in [0.15, 0.2) is 5.82 Å². The molecule has 2 aromatic heterocycles. The number of aryl methyl sites for hydroxylation is 1. The van der Waals surface area contributed by atoms with Crippen molar-refractivity contribution in [1.82, 2.24) is 15.2 Å². The first-order chi connectivity index (χ1) is 14.7. The molecule has 0 fully saturated rings. The number of aromatic nitrogens is 3. The van der Waals surface area contributed by atoms with E-state index in [0.29, 0.717) is 5.82 Å². The molecule has 0 spiro atoms. The normalized spacial score (nSPS) is 11.0. The van der Waals surface area contributed by atoms with Crippen molar-refractivity contribution in [2.24, 2.45) is 0 Å². The number of para-hydroxylation sites is 1. The second-order valence-electron chi connectivity index (χ2n) is 7.19. The van der Waals surface area contributed by atoms with Crippen LogP contribution in [0.1, 0.15) is 5.56 Å². The molecule has 0 aliphatic carbocycles. The van der Waals surface area contributed by atoms with Crippen molar-refractivity contribution in [2.75, 3.05) is 5.73 Å². The highest BCUT2D eigenvalue weighted by atomic mass is 16.5. The number of pyridine rings is 1. The highest BCUT2D eigenvalue weighted by Crippen LogP contribution is 2.36. The van der Waals surface area contributed by atoms with Crippen LogP contribution in [0, 0.1) is 6.92 Å². The molecule has 0 aliphatic rings. The van der Waals surface area contributed by atoms with Crippen LogP contribution in [0.15, 0.2) is 85.1 Å². The number of hydrogen-bond acceptors (Lipinski definition) is 4. The minimum absolute atomic E-state index is 0.459. The largest absolute Gasteiger partial charge is 0.457 e. The Morgan fingerprint density at radius 2 is 1.60 bits per heavy atom. The van der Waals surface area contributed by atoms with Crippen molar-refractivity contribution in [2.45, 2.75) is 6.92 Å². The van der Waals surface area contributed by atoms with Gasteiger partial charge < -0.3 is 10.5 Å². The Morgan fingerprint density at radius 1 is 0.833 bits per heavy atom. The molecule has 0 unspecified atom stereocenters. The SMILES string of the molecule is Cc1cccc(-c2ncc(-c3ccc(Oc4ccccc4)cc3)c3c(N)n[nH]c23)c1. The van der Waals surface area contributed by atoms with Crippen LogP contribution in [0.5, 0.6) is 11.5 Å². The Morgan fingerprint density at radius 3 is 2.37 bits per heavy atom. The van der Waals surface area contributed by atoms with Crippen LogP contribution in [0.3, 0.4) is 0 Å². The van der Waals surface area contributed by atoms with E-state index in [4.69, 9.17) is 15.5 Å². The summed E-state index contributed by atoms with van der Waals surface area (Å²) in [5, 5.41) is 8.19. The van der Waals surface area contributed by atoms with E-state index in [-0.39, 0.29) is 0 Å². The number of benzene rings is 3. The van der Waals surface area contributed by atoms with E-state index in [1.165, 1.54) is 5.56 Å². The van der Waals surface area contributed by atoms with Gasteiger partial charge in [0.1, 0.15) is 11.5 Å². The summed E-state index contributed by atoms with van der Waals surface area (Å²) in [6.45, 7) is 2.06. The maximum atomic E-state index is 6.23. The predicted octanol–water partition coefficient (Wildman–Crippen LogP) is 5.97. The minimum atomic E-state index is 0.459. The van der Waals surface area contributed by atoms with Gasteiger partial charge in [0.25, 0.3) is 0 Å². The fourth-order valence-corrected chi connectivity index (χ4v) is 3.62. The third kappa shape index (κ3) is 3.26. The van der Waals surface area contributed by atoms with Crippen molar-refractivity contribution >= 4 is 16.7 Å². The average molecular weight is 392 g/mol. The van der Waals surface area contributed by atoms with Gasteiger partial charge in [0.2, 0.25) is 0 Å². The Balaban J connectivity index is 1.55. The van der Waals surface area contributed by atoms with Gasteiger partial charge in [-0.2, -0.15) is 5.10 Å². The monoisotopic (exact) mass is 392 g/mol. The van der Waals surface area contributed by atoms with Gasteiger partial charge >= 0.3 is 0 Å². The zero-order valence-electron chi connectivity index (χ0n) is 16.5. The highest BCUT2D eigenvalue weighted by molar-refractivity contribution is 6.06. The Hall–Kier alpha value is -4.12. The Labute approximate surface area is 174 Å². The number of nitrogen functional groups attached to an aromatic ring is 1. The average Bonchev–Trinajstić information content (AvgIpc) is 3.16. The topological polar surface area (TPSA) is 76.8 Å². The van der Waals surface area contributed by atoms with E-state index in [9.17, 15) is 0 Å². The van der Waals surface area contributed by atoms with Gasteiger partial charge in [-0.3, -0.25) is 10.1 Å². The second-order valence-corrected chi connectivity index (χ2v) is 7.19. The maximum Gasteiger partial charge on any atom is 0.153 e. The van der Waals surface area contributed by atoms with Gasteiger partial charge in [-0.25, -0.2) is 0 Å². The van der Waals surface area contributed by atoms with Crippen LogP contribution in [0.4, 0.5) is 5.82 Å². The molecule has 0 atom stereocenters. The van der Waals surface area contributed by atoms with Crippen molar-refractivity contribution in [3.8, 4) is 33.9 Å². The molecule has 3 aromatic carbocycles. The lowest BCUT2D eigenvalue weighted by Crippen LogP contribution is -1.92. The molecule has 5 heteroatoms. The molecule has 146 valence electrons. The highest BCUT2D eigenvalue weighted by Gasteiger charge is 2.16. The minimum Gasteiger partial charge on any atom is -0.457 e. The molecule has 0 amide bonds. The first-order valence-electron chi connectivity index (χ1n) is 9.72. The fourth-order valence-electron chi connectivity index (χ4n) is 3.62. The number of nitrogens with two attached hydrogens (primary N) is 1. The fraction of sp³-hybridized carbons (Fsp3) is 0.0400. The van der Waals surface area contributed by atoms with Crippen molar-refractivity contribution in [3.63, 3.8) is 0 Å². The van der Waals surface area contributed by atoms with E-state index < -0.39 is 0 Å². The lowest BCUT2D eigenvalue weighted by molar-refractivity contribution is 0.483. The summed E-state index contributed by atoms with van der Waals surface area (Å²) in [6, 6.07) is 25.9. The smallest absolute Gasteiger partial charge is 0.153 e. The summed E-state index contributed by atoms with van der Waals surface area (Å²) in [6.07, 6.45) is 1.86. The molecule has 0 saturated heterocycles. The molecule has 0 saturated carbocycles. The number of fused-ring (bicyclic) bond motifs is 1. The zero-order chi connectivity index (χ0) is 20.5. The summed E-state index contributed by atoms with van der Waals surface area (Å²) in [4.78, 5) is 4.74. The molecule has 5 rings (SSSR count). The number of ether oxygens (including phenoxy) is 1. The van der Waals surface area contributed by atoms with Crippen molar-refractivity contribution in [1.29, 1.82) is 0 Å². The van der Waals surface area contributed by atoms with Crippen LogP contribution >= 0.6 is 0 Å².